The highest BCUT2D eigenvalue weighted by atomic mass is 19.4. The molecule has 32 heavy (non-hydrogen) atoms. The lowest BCUT2D eigenvalue weighted by Gasteiger charge is -2.17. The number of carbonyl (C=O) groups excluding carboxylic acids is 1. The van der Waals surface area contributed by atoms with E-state index < -0.39 is 17.6 Å². The van der Waals surface area contributed by atoms with Crippen LogP contribution in [0.3, 0.4) is 0 Å². The van der Waals surface area contributed by atoms with E-state index in [9.17, 15) is 18.0 Å². The fraction of sp³-hybridized carbons (Fsp3) is 0.261. The number of anilines is 3. The van der Waals surface area contributed by atoms with E-state index in [4.69, 9.17) is 0 Å². The van der Waals surface area contributed by atoms with Crippen molar-refractivity contribution in [3.63, 3.8) is 0 Å². The van der Waals surface area contributed by atoms with Gasteiger partial charge in [0, 0.05) is 45.9 Å². The molecule has 0 saturated carbocycles. The predicted molar refractivity (Wildman–Crippen MR) is 118 cm³/mol. The van der Waals surface area contributed by atoms with E-state index >= 15 is 0 Å². The summed E-state index contributed by atoms with van der Waals surface area (Å²) in [6.07, 6.45) is -3.95. The summed E-state index contributed by atoms with van der Waals surface area (Å²) in [5.74, 6) is 1.51. The summed E-state index contributed by atoms with van der Waals surface area (Å²) in [6, 6.07) is 14.4. The SMILES string of the molecule is CN(C)c1[c]c(N(C)C)nc(Cc2ccc(NC(=O)c3ccc(C(F)(F)F)cc3)cc2)n1. The van der Waals surface area contributed by atoms with Gasteiger partial charge in [-0.05, 0) is 42.0 Å². The highest BCUT2D eigenvalue weighted by Crippen LogP contribution is 2.29. The smallest absolute Gasteiger partial charge is 0.362 e. The Bertz CT molecular complexity index is 1050. The van der Waals surface area contributed by atoms with Crippen LogP contribution in [0.15, 0.2) is 48.5 Å². The van der Waals surface area contributed by atoms with Crippen LogP contribution in [-0.2, 0) is 12.6 Å². The summed E-state index contributed by atoms with van der Waals surface area (Å²) in [6.45, 7) is 0. The molecule has 0 aliphatic rings. The molecule has 0 fully saturated rings. The number of amides is 1. The van der Waals surface area contributed by atoms with Crippen molar-refractivity contribution in [3.8, 4) is 0 Å². The summed E-state index contributed by atoms with van der Waals surface area (Å²) in [5, 5.41) is 2.69. The third kappa shape index (κ3) is 5.75. The van der Waals surface area contributed by atoms with Gasteiger partial charge >= 0.3 is 6.18 Å². The first-order valence-electron chi connectivity index (χ1n) is 9.75. The molecule has 6 nitrogen and oxygen atoms in total. The summed E-state index contributed by atoms with van der Waals surface area (Å²) in [5.41, 5.74) is 0.819. The molecule has 1 heterocycles. The van der Waals surface area contributed by atoms with Crippen molar-refractivity contribution in [2.24, 2.45) is 0 Å². The highest BCUT2D eigenvalue weighted by molar-refractivity contribution is 6.04. The number of hydrogen-bond acceptors (Lipinski definition) is 5. The van der Waals surface area contributed by atoms with Gasteiger partial charge in [-0.25, -0.2) is 9.97 Å². The number of nitrogens with one attached hydrogen (secondary N) is 1. The van der Waals surface area contributed by atoms with Gasteiger partial charge in [0.2, 0.25) is 0 Å². The third-order valence-corrected chi connectivity index (χ3v) is 4.59. The average Bonchev–Trinajstić information content (AvgIpc) is 2.74. The number of alkyl halides is 3. The quantitative estimate of drug-likeness (QED) is 0.618. The minimum atomic E-state index is -4.44. The second-order valence-corrected chi connectivity index (χ2v) is 7.60. The van der Waals surface area contributed by atoms with Gasteiger partial charge in [-0.15, -0.1) is 0 Å². The van der Waals surface area contributed by atoms with E-state index in [1.54, 1.807) is 12.1 Å². The molecule has 1 radical (unpaired) electrons. The molecule has 1 N–H and O–H groups in total. The standard InChI is InChI=1S/C23H23F3N5O/c1-30(2)20-14-21(31(3)4)29-19(28-20)13-15-5-11-18(12-6-15)27-22(32)16-7-9-17(10-8-16)23(24,25)26/h5-12H,13H2,1-4H3,(H,27,32). The minimum absolute atomic E-state index is 0.142. The second-order valence-electron chi connectivity index (χ2n) is 7.60. The van der Waals surface area contributed by atoms with Crippen molar-refractivity contribution in [1.82, 2.24) is 9.97 Å². The van der Waals surface area contributed by atoms with Gasteiger partial charge in [-0.2, -0.15) is 13.2 Å². The fourth-order valence-corrected chi connectivity index (χ4v) is 2.83. The summed E-state index contributed by atoms with van der Waals surface area (Å²) in [4.78, 5) is 25.1. The minimum Gasteiger partial charge on any atom is -0.362 e. The van der Waals surface area contributed by atoms with Gasteiger partial charge in [0.15, 0.2) is 0 Å². The Labute approximate surface area is 184 Å². The molecule has 0 bridgehead atoms. The Balaban J connectivity index is 1.70. The van der Waals surface area contributed by atoms with Crippen LogP contribution in [0.4, 0.5) is 30.5 Å². The second kappa shape index (κ2) is 9.25. The van der Waals surface area contributed by atoms with Crippen LogP contribution >= 0.6 is 0 Å². The van der Waals surface area contributed by atoms with Gasteiger partial charge in [0.1, 0.15) is 17.5 Å². The number of halogens is 3. The number of carbonyl (C=O) groups is 1. The molecule has 0 saturated heterocycles. The molecule has 3 aromatic rings. The summed E-state index contributed by atoms with van der Waals surface area (Å²) < 4.78 is 38.0. The normalized spacial score (nSPS) is 11.2. The van der Waals surface area contributed by atoms with Gasteiger partial charge in [0.05, 0.1) is 11.6 Å². The number of rotatable bonds is 6. The van der Waals surface area contributed by atoms with Crippen LogP contribution in [-0.4, -0.2) is 44.1 Å². The number of benzene rings is 2. The maximum absolute atomic E-state index is 12.7. The Morgan fingerprint density at radius 2 is 1.44 bits per heavy atom. The zero-order chi connectivity index (χ0) is 23.5. The fourth-order valence-electron chi connectivity index (χ4n) is 2.83. The maximum Gasteiger partial charge on any atom is 0.416 e. The van der Waals surface area contributed by atoms with Crippen molar-refractivity contribution >= 4 is 23.2 Å². The zero-order valence-electron chi connectivity index (χ0n) is 18.2. The zero-order valence-corrected chi connectivity index (χ0v) is 18.2. The van der Waals surface area contributed by atoms with Crippen molar-refractivity contribution < 1.29 is 18.0 Å². The van der Waals surface area contributed by atoms with Crippen LogP contribution in [0, 0.1) is 6.07 Å². The molecule has 0 aliphatic heterocycles. The number of nitrogens with zero attached hydrogens (tertiary/aromatic N) is 4. The largest absolute Gasteiger partial charge is 0.416 e. The van der Waals surface area contributed by atoms with Crippen molar-refractivity contribution in [3.05, 3.63) is 77.1 Å². The van der Waals surface area contributed by atoms with Gasteiger partial charge in [-0.3, -0.25) is 4.79 Å². The van der Waals surface area contributed by atoms with E-state index in [0.717, 1.165) is 29.8 Å². The summed E-state index contributed by atoms with van der Waals surface area (Å²) >= 11 is 0. The van der Waals surface area contributed by atoms with Gasteiger partial charge in [-0.1, -0.05) is 12.1 Å². The monoisotopic (exact) mass is 442 g/mol. The average molecular weight is 442 g/mol. The first kappa shape index (κ1) is 23.1. The Kier molecular flexibility index (Phi) is 6.67. The van der Waals surface area contributed by atoms with Crippen LogP contribution in [0.1, 0.15) is 27.3 Å². The first-order chi connectivity index (χ1) is 15.0. The molecule has 0 aliphatic carbocycles. The van der Waals surface area contributed by atoms with Crippen LogP contribution in [0.5, 0.6) is 0 Å². The molecule has 167 valence electrons. The third-order valence-electron chi connectivity index (χ3n) is 4.59. The number of aromatic nitrogens is 2. The predicted octanol–water partition coefficient (Wildman–Crippen LogP) is 4.27. The van der Waals surface area contributed by atoms with Crippen molar-refractivity contribution in [1.29, 1.82) is 0 Å². The molecule has 0 unspecified atom stereocenters. The van der Waals surface area contributed by atoms with E-state index in [1.807, 2.05) is 50.1 Å². The molecule has 1 amide bonds. The topological polar surface area (TPSA) is 61.4 Å². The molecule has 3 rings (SSSR count). The molecule has 0 spiro atoms. The van der Waals surface area contributed by atoms with E-state index in [1.165, 1.54) is 0 Å². The molecule has 2 aromatic carbocycles. The van der Waals surface area contributed by atoms with E-state index in [-0.39, 0.29) is 5.56 Å². The van der Waals surface area contributed by atoms with Crippen LogP contribution in [0.2, 0.25) is 0 Å². The van der Waals surface area contributed by atoms with E-state index in [2.05, 4.69) is 21.4 Å². The van der Waals surface area contributed by atoms with E-state index in [0.29, 0.717) is 29.6 Å². The maximum atomic E-state index is 12.7. The van der Waals surface area contributed by atoms with Crippen LogP contribution in [0.25, 0.3) is 0 Å². The lowest BCUT2D eigenvalue weighted by molar-refractivity contribution is -0.137. The molecule has 9 heteroatoms. The van der Waals surface area contributed by atoms with Gasteiger partial charge < -0.3 is 15.1 Å². The lowest BCUT2D eigenvalue weighted by Crippen LogP contribution is -2.17. The number of hydrogen-bond donors (Lipinski definition) is 1. The van der Waals surface area contributed by atoms with Crippen molar-refractivity contribution in [2.45, 2.75) is 12.6 Å². The Morgan fingerprint density at radius 1 is 0.906 bits per heavy atom. The Hall–Kier alpha value is -3.62. The highest BCUT2D eigenvalue weighted by Gasteiger charge is 2.30. The lowest BCUT2D eigenvalue weighted by atomic mass is 10.1. The summed E-state index contributed by atoms with van der Waals surface area (Å²) in [7, 11) is 7.54. The molecule has 0 atom stereocenters. The molecule has 1 aromatic heterocycles. The molecular formula is C23H23F3N5O. The Morgan fingerprint density at radius 3 is 1.91 bits per heavy atom. The van der Waals surface area contributed by atoms with Crippen molar-refractivity contribution in [2.75, 3.05) is 43.3 Å². The molecular weight excluding hydrogens is 419 g/mol. The van der Waals surface area contributed by atoms with Gasteiger partial charge in [0.25, 0.3) is 5.91 Å². The first-order valence-corrected chi connectivity index (χ1v) is 9.75. The van der Waals surface area contributed by atoms with Crippen LogP contribution < -0.4 is 15.1 Å².